The number of nitrogens with zero attached hydrogens (tertiary/aromatic N) is 3. The van der Waals surface area contributed by atoms with Gasteiger partial charge in [-0.3, -0.25) is 9.69 Å². The Morgan fingerprint density at radius 1 is 0.949 bits per heavy atom. The first kappa shape index (κ1) is 27.2. The zero-order valence-corrected chi connectivity index (χ0v) is 21.9. The molecular weight excluding hydrogens is 502 g/mol. The number of carbonyl (C=O) groups is 2. The number of carboxylic acid groups (broad SMARTS) is 1. The molecule has 0 aliphatic rings. The van der Waals surface area contributed by atoms with Crippen molar-refractivity contribution in [2.45, 2.75) is 26.3 Å². The summed E-state index contributed by atoms with van der Waals surface area (Å²) in [5.41, 5.74) is 2.72. The average Bonchev–Trinajstić information content (AvgIpc) is 3.41. The molecule has 0 bridgehead atoms. The average molecular weight is 532 g/mol. The van der Waals surface area contributed by atoms with Crippen molar-refractivity contribution in [1.82, 2.24) is 15.0 Å². The number of hydrogen-bond acceptors (Lipinski definition) is 8. The van der Waals surface area contributed by atoms with Crippen LogP contribution >= 0.6 is 0 Å². The van der Waals surface area contributed by atoms with Crippen molar-refractivity contribution < 1.29 is 33.4 Å². The first-order valence-electron chi connectivity index (χ1n) is 12.3. The third-order valence-electron chi connectivity index (χ3n) is 6.00. The molecule has 10 nitrogen and oxygen atoms in total. The molecule has 1 aromatic heterocycles. The lowest BCUT2D eigenvalue weighted by atomic mass is 10.1. The number of aryl methyl sites for hydroxylation is 1. The number of rotatable bonds is 11. The minimum absolute atomic E-state index is 0.278. The van der Waals surface area contributed by atoms with Crippen LogP contribution in [-0.2, 0) is 11.2 Å². The lowest BCUT2D eigenvalue weighted by molar-refractivity contribution is -0.138. The molecule has 0 aliphatic carbocycles. The van der Waals surface area contributed by atoms with Crippen molar-refractivity contribution in [2.24, 2.45) is 0 Å². The molecule has 4 aromatic rings. The Kier molecular flexibility index (Phi) is 8.78. The standard InChI is InChI=1S/C29H29N3O7/c1-19-4-6-22(7-5-19)28-30-26(31-39-28)16-17-37-24-10-8-21(9-11-24)20(2)32(18-27(33)34)29(35)38-25-14-12-23(36-3)13-15-25/h4-15,20H,16-18H2,1-3H3,(H,33,34)/t20-/m0/s1. The molecule has 10 heteroatoms. The molecule has 0 radical (unpaired) electrons. The number of carboxylic acids is 1. The molecule has 1 N–H and O–H groups in total. The normalized spacial score (nSPS) is 11.5. The van der Waals surface area contributed by atoms with Gasteiger partial charge in [-0.05, 0) is 67.9 Å². The maximum atomic E-state index is 12.8. The molecule has 0 unspecified atom stereocenters. The van der Waals surface area contributed by atoms with Gasteiger partial charge in [-0.1, -0.05) is 35.0 Å². The van der Waals surface area contributed by atoms with Gasteiger partial charge in [-0.15, -0.1) is 0 Å². The van der Waals surface area contributed by atoms with Crippen LogP contribution in [0.25, 0.3) is 11.5 Å². The molecule has 0 saturated carbocycles. The Bertz CT molecular complexity index is 1380. The molecule has 0 aliphatic heterocycles. The molecule has 1 atom stereocenters. The second kappa shape index (κ2) is 12.6. The van der Waals surface area contributed by atoms with Crippen molar-refractivity contribution >= 4 is 12.1 Å². The molecule has 0 fully saturated rings. The Hall–Kier alpha value is -4.86. The van der Waals surface area contributed by atoms with E-state index in [2.05, 4.69) is 10.1 Å². The Morgan fingerprint density at radius 3 is 2.23 bits per heavy atom. The van der Waals surface area contributed by atoms with E-state index in [9.17, 15) is 14.7 Å². The predicted octanol–water partition coefficient (Wildman–Crippen LogP) is 5.32. The molecule has 1 heterocycles. The van der Waals surface area contributed by atoms with Crippen molar-refractivity contribution in [2.75, 3.05) is 20.3 Å². The van der Waals surface area contributed by atoms with E-state index < -0.39 is 24.6 Å². The maximum Gasteiger partial charge on any atom is 0.416 e. The Balaban J connectivity index is 1.33. The number of aromatic nitrogens is 2. The summed E-state index contributed by atoms with van der Waals surface area (Å²) >= 11 is 0. The highest BCUT2D eigenvalue weighted by Gasteiger charge is 2.26. The van der Waals surface area contributed by atoms with Gasteiger partial charge in [0.25, 0.3) is 5.89 Å². The van der Waals surface area contributed by atoms with Gasteiger partial charge in [-0.2, -0.15) is 4.98 Å². The Labute approximate surface area is 225 Å². The van der Waals surface area contributed by atoms with E-state index in [0.717, 1.165) is 21.6 Å². The summed E-state index contributed by atoms with van der Waals surface area (Å²) < 4.78 is 21.7. The highest BCUT2D eigenvalue weighted by Crippen LogP contribution is 2.25. The molecular formula is C29H29N3O7. The maximum absolute atomic E-state index is 12.8. The second-order valence-corrected chi connectivity index (χ2v) is 8.79. The summed E-state index contributed by atoms with van der Waals surface area (Å²) in [5, 5.41) is 13.4. The number of carbonyl (C=O) groups excluding carboxylic acids is 1. The minimum atomic E-state index is -1.15. The number of benzene rings is 3. The van der Waals surface area contributed by atoms with Gasteiger partial charge < -0.3 is 23.8 Å². The topological polar surface area (TPSA) is 124 Å². The highest BCUT2D eigenvalue weighted by molar-refractivity contribution is 5.78. The Morgan fingerprint density at radius 2 is 1.59 bits per heavy atom. The van der Waals surface area contributed by atoms with Crippen LogP contribution in [0.1, 0.15) is 29.9 Å². The minimum Gasteiger partial charge on any atom is -0.497 e. The summed E-state index contributed by atoms with van der Waals surface area (Å²) in [4.78, 5) is 29.9. The monoisotopic (exact) mass is 531 g/mol. The number of aliphatic carboxylic acids is 1. The lowest BCUT2D eigenvalue weighted by Crippen LogP contribution is -2.39. The zero-order chi connectivity index (χ0) is 27.8. The van der Waals surface area contributed by atoms with Gasteiger partial charge in [-0.25, -0.2) is 4.79 Å². The lowest BCUT2D eigenvalue weighted by Gasteiger charge is -2.27. The smallest absolute Gasteiger partial charge is 0.416 e. The van der Waals surface area contributed by atoms with E-state index in [4.69, 9.17) is 18.7 Å². The van der Waals surface area contributed by atoms with Crippen molar-refractivity contribution in [3.63, 3.8) is 0 Å². The van der Waals surface area contributed by atoms with E-state index in [1.54, 1.807) is 55.5 Å². The summed E-state index contributed by atoms with van der Waals surface area (Å²) in [7, 11) is 1.53. The van der Waals surface area contributed by atoms with Crippen molar-refractivity contribution in [3.05, 3.63) is 89.7 Å². The van der Waals surface area contributed by atoms with E-state index in [1.807, 2.05) is 31.2 Å². The number of amides is 1. The van der Waals surface area contributed by atoms with Gasteiger partial charge in [0.2, 0.25) is 0 Å². The fraction of sp³-hybridized carbons (Fsp3) is 0.241. The molecule has 0 spiro atoms. The van der Waals surface area contributed by atoms with E-state index in [-0.39, 0.29) is 5.75 Å². The quantitative estimate of drug-likeness (QED) is 0.274. The highest BCUT2D eigenvalue weighted by atomic mass is 16.6. The second-order valence-electron chi connectivity index (χ2n) is 8.79. The largest absolute Gasteiger partial charge is 0.497 e. The van der Waals surface area contributed by atoms with Crippen LogP contribution in [0.3, 0.4) is 0 Å². The van der Waals surface area contributed by atoms with Crippen LogP contribution in [0.5, 0.6) is 17.2 Å². The van der Waals surface area contributed by atoms with Crippen LogP contribution in [0, 0.1) is 6.92 Å². The van der Waals surface area contributed by atoms with Gasteiger partial charge in [0.05, 0.1) is 19.8 Å². The van der Waals surface area contributed by atoms with Crippen LogP contribution in [0.15, 0.2) is 77.3 Å². The molecule has 4 rings (SSSR count). The van der Waals surface area contributed by atoms with Gasteiger partial charge in [0.15, 0.2) is 5.82 Å². The van der Waals surface area contributed by atoms with E-state index >= 15 is 0 Å². The first-order chi connectivity index (χ1) is 18.8. The van der Waals surface area contributed by atoms with E-state index in [1.165, 1.54) is 7.11 Å². The first-order valence-corrected chi connectivity index (χ1v) is 12.3. The fourth-order valence-corrected chi connectivity index (χ4v) is 3.76. The number of methoxy groups -OCH3 is 1. The number of hydrogen-bond donors (Lipinski definition) is 1. The third kappa shape index (κ3) is 7.35. The van der Waals surface area contributed by atoms with E-state index in [0.29, 0.717) is 36.2 Å². The SMILES string of the molecule is COc1ccc(OC(=O)N(CC(=O)O)[C@@H](C)c2ccc(OCCc3noc(-c4ccc(C)cc4)n3)cc2)cc1. The van der Waals surface area contributed by atoms with Crippen LogP contribution in [0.2, 0.25) is 0 Å². The molecule has 0 saturated heterocycles. The van der Waals surface area contributed by atoms with Gasteiger partial charge >= 0.3 is 12.1 Å². The van der Waals surface area contributed by atoms with Crippen LogP contribution in [-0.4, -0.2) is 52.5 Å². The van der Waals surface area contributed by atoms with Gasteiger partial charge in [0.1, 0.15) is 23.8 Å². The summed E-state index contributed by atoms with van der Waals surface area (Å²) in [6, 6.07) is 20.8. The van der Waals surface area contributed by atoms with Crippen LogP contribution < -0.4 is 14.2 Å². The molecule has 1 amide bonds. The fourth-order valence-electron chi connectivity index (χ4n) is 3.76. The van der Waals surface area contributed by atoms with Crippen molar-refractivity contribution in [1.29, 1.82) is 0 Å². The molecule has 202 valence electrons. The third-order valence-corrected chi connectivity index (χ3v) is 6.00. The van der Waals surface area contributed by atoms with Crippen molar-refractivity contribution in [3.8, 4) is 28.7 Å². The molecule has 3 aromatic carbocycles. The number of ether oxygens (including phenoxy) is 3. The predicted molar refractivity (Wildman–Crippen MR) is 142 cm³/mol. The van der Waals surface area contributed by atoms with Gasteiger partial charge in [0, 0.05) is 12.0 Å². The summed E-state index contributed by atoms with van der Waals surface area (Å²) in [6.45, 7) is 3.55. The zero-order valence-electron chi connectivity index (χ0n) is 21.9. The summed E-state index contributed by atoms with van der Waals surface area (Å²) in [5.74, 6) is 1.34. The summed E-state index contributed by atoms with van der Waals surface area (Å²) in [6.07, 6.45) is -0.322. The van der Waals surface area contributed by atoms with Crippen LogP contribution in [0.4, 0.5) is 4.79 Å². The molecule has 39 heavy (non-hydrogen) atoms.